The summed E-state index contributed by atoms with van der Waals surface area (Å²) in [4.78, 5) is 26.4. The summed E-state index contributed by atoms with van der Waals surface area (Å²) in [5.41, 5.74) is 0.849. The minimum Gasteiger partial charge on any atom is -0.393 e. The first-order chi connectivity index (χ1) is 12.2. The van der Waals surface area contributed by atoms with Gasteiger partial charge in [-0.3, -0.25) is 9.59 Å². The number of nitrogens with zero attached hydrogens (tertiary/aromatic N) is 1. The zero-order chi connectivity index (χ0) is 18.9. The molecule has 3 saturated carbocycles. The van der Waals surface area contributed by atoms with Crippen molar-refractivity contribution in [3.8, 4) is 0 Å². The Labute approximate surface area is 156 Å². The first-order valence-corrected chi connectivity index (χ1v) is 10.0. The van der Waals surface area contributed by atoms with Crippen molar-refractivity contribution in [1.29, 1.82) is 0 Å². The summed E-state index contributed by atoms with van der Waals surface area (Å²) < 4.78 is 0. The fourth-order valence-corrected chi connectivity index (χ4v) is 7.04. The third-order valence-electron chi connectivity index (χ3n) is 8.23. The van der Waals surface area contributed by atoms with Crippen LogP contribution in [0.15, 0.2) is 23.8 Å². The Morgan fingerprint density at radius 2 is 1.96 bits per heavy atom. The SMILES string of the molecule is CN(C)C(=O)C1CCC2C3CCC4=CC(=O)C=CC4(C)C3C(O)CC12C. The Morgan fingerprint density at radius 3 is 2.65 bits per heavy atom. The molecule has 0 aliphatic heterocycles. The third kappa shape index (κ3) is 2.30. The number of hydrogen-bond acceptors (Lipinski definition) is 3. The summed E-state index contributed by atoms with van der Waals surface area (Å²) in [6.45, 7) is 4.44. The second-order valence-corrected chi connectivity index (χ2v) is 9.66. The number of rotatable bonds is 1. The van der Waals surface area contributed by atoms with E-state index < -0.39 is 6.10 Å². The molecule has 1 amide bonds. The molecule has 0 aromatic rings. The standard InChI is InChI=1S/C22H31NO3/c1-21-10-9-14(24)11-13(21)5-6-15-16-7-8-17(20(26)23(3)4)22(16,2)12-18(25)19(15)21/h9-11,15-19,25H,5-8,12H2,1-4H3. The zero-order valence-electron chi connectivity index (χ0n) is 16.4. The molecule has 0 aromatic heterocycles. The Morgan fingerprint density at radius 1 is 1.23 bits per heavy atom. The number of carbonyl (C=O) groups is 2. The molecule has 26 heavy (non-hydrogen) atoms. The van der Waals surface area contributed by atoms with Crippen LogP contribution in [0.25, 0.3) is 0 Å². The largest absolute Gasteiger partial charge is 0.393 e. The van der Waals surface area contributed by atoms with E-state index in [1.54, 1.807) is 17.1 Å². The van der Waals surface area contributed by atoms with Gasteiger partial charge in [0.15, 0.2) is 5.78 Å². The van der Waals surface area contributed by atoms with Crippen molar-refractivity contribution >= 4 is 11.7 Å². The molecule has 4 aliphatic rings. The maximum Gasteiger partial charge on any atom is 0.225 e. The van der Waals surface area contributed by atoms with E-state index in [0.717, 1.165) is 25.7 Å². The maximum absolute atomic E-state index is 12.8. The lowest BCUT2D eigenvalue weighted by Crippen LogP contribution is -2.56. The molecule has 7 atom stereocenters. The van der Waals surface area contributed by atoms with E-state index in [1.165, 1.54) is 5.57 Å². The van der Waals surface area contributed by atoms with Crippen molar-refractivity contribution in [1.82, 2.24) is 4.90 Å². The first kappa shape index (κ1) is 18.0. The Bertz CT molecular complexity index is 708. The molecule has 0 bridgehead atoms. The van der Waals surface area contributed by atoms with E-state index in [0.29, 0.717) is 18.3 Å². The maximum atomic E-state index is 12.8. The van der Waals surface area contributed by atoms with Crippen LogP contribution in [-0.4, -0.2) is 41.9 Å². The number of allylic oxidation sites excluding steroid dienone is 4. The Balaban J connectivity index is 1.70. The van der Waals surface area contributed by atoms with E-state index in [2.05, 4.69) is 13.8 Å². The molecule has 0 aromatic carbocycles. The molecule has 4 nitrogen and oxygen atoms in total. The lowest BCUT2D eigenvalue weighted by atomic mass is 9.47. The van der Waals surface area contributed by atoms with Crippen LogP contribution < -0.4 is 0 Å². The zero-order valence-corrected chi connectivity index (χ0v) is 16.4. The van der Waals surface area contributed by atoms with Crippen LogP contribution in [-0.2, 0) is 9.59 Å². The predicted octanol–water partition coefficient (Wildman–Crippen LogP) is 2.97. The summed E-state index contributed by atoms with van der Waals surface area (Å²) in [7, 11) is 3.67. The molecular weight excluding hydrogens is 326 g/mol. The van der Waals surface area contributed by atoms with Gasteiger partial charge in [0.1, 0.15) is 0 Å². The molecule has 3 fully saturated rings. The van der Waals surface area contributed by atoms with Gasteiger partial charge in [0, 0.05) is 31.3 Å². The second-order valence-electron chi connectivity index (χ2n) is 9.66. The number of aliphatic hydroxyl groups is 1. The number of amides is 1. The quantitative estimate of drug-likeness (QED) is 0.785. The lowest BCUT2D eigenvalue weighted by molar-refractivity contribution is -0.147. The van der Waals surface area contributed by atoms with Crippen LogP contribution in [0, 0.1) is 34.5 Å². The number of aliphatic hydroxyl groups excluding tert-OH is 1. The summed E-state index contributed by atoms with van der Waals surface area (Å²) in [6.07, 6.45) is 9.74. The minimum absolute atomic E-state index is 0.0197. The van der Waals surface area contributed by atoms with E-state index >= 15 is 0 Å². The monoisotopic (exact) mass is 357 g/mol. The van der Waals surface area contributed by atoms with Crippen LogP contribution >= 0.6 is 0 Å². The van der Waals surface area contributed by atoms with E-state index in [9.17, 15) is 14.7 Å². The molecule has 4 rings (SSSR count). The van der Waals surface area contributed by atoms with Crippen LogP contribution in [0.3, 0.4) is 0 Å². The van der Waals surface area contributed by atoms with Crippen molar-refractivity contribution < 1.29 is 14.7 Å². The van der Waals surface area contributed by atoms with Gasteiger partial charge < -0.3 is 10.0 Å². The van der Waals surface area contributed by atoms with Gasteiger partial charge in [-0.25, -0.2) is 0 Å². The molecule has 0 heterocycles. The molecule has 0 saturated heterocycles. The van der Waals surface area contributed by atoms with Crippen molar-refractivity contribution in [2.45, 2.75) is 52.1 Å². The highest BCUT2D eigenvalue weighted by molar-refractivity contribution is 6.01. The highest BCUT2D eigenvalue weighted by Gasteiger charge is 2.62. The number of carbonyl (C=O) groups excluding carboxylic acids is 2. The molecule has 4 heteroatoms. The molecule has 7 unspecified atom stereocenters. The summed E-state index contributed by atoms with van der Waals surface area (Å²) in [5.74, 6) is 1.36. The third-order valence-corrected chi connectivity index (χ3v) is 8.23. The van der Waals surface area contributed by atoms with E-state index in [4.69, 9.17) is 0 Å². The van der Waals surface area contributed by atoms with Gasteiger partial charge in [0.05, 0.1) is 6.10 Å². The Kier molecular flexibility index (Phi) is 4.00. The molecule has 4 aliphatic carbocycles. The lowest BCUT2D eigenvalue weighted by Gasteiger charge is -2.58. The number of ketones is 1. The van der Waals surface area contributed by atoms with Gasteiger partial charge in [-0.05, 0) is 61.5 Å². The van der Waals surface area contributed by atoms with Gasteiger partial charge in [0.2, 0.25) is 5.91 Å². The fourth-order valence-electron chi connectivity index (χ4n) is 7.04. The molecule has 0 radical (unpaired) electrons. The topological polar surface area (TPSA) is 57.6 Å². The van der Waals surface area contributed by atoms with Crippen LogP contribution in [0.1, 0.15) is 46.0 Å². The van der Waals surface area contributed by atoms with Gasteiger partial charge in [-0.1, -0.05) is 25.5 Å². The molecule has 142 valence electrons. The van der Waals surface area contributed by atoms with Crippen molar-refractivity contribution in [2.24, 2.45) is 34.5 Å². The number of fused-ring (bicyclic) bond motifs is 5. The van der Waals surface area contributed by atoms with Crippen LogP contribution in [0.2, 0.25) is 0 Å². The minimum atomic E-state index is -0.427. The van der Waals surface area contributed by atoms with Crippen molar-refractivity contribution in [3.63, 3.8) is 0 Å². The van der Waals surface area contributed by atoms with Gasteiger partial charge in [-0.2, -0.15) is 0 Å². The highest BCUT2D eigenvalue weighted by atomic mass is 16.3. The first-order valence-electron chi connectivity index (χ1n) is 10.0. The van der Waals surface area contributed by atoms with Gasteiger partial charge in [0.25, 0.3) is 0 Å². The second kappa shape index (κ2) is 5.79. The fraction of sp³-hybridized carbons (Fsp3) is 0.727. The average Bonchev–Trinajstić information content (AvgIpc) is 2.90. The highest BCUT2D eigenvalue weighted by Crippen LogP contribution is 2.66. The van der Waals surface area contributed by atoms with Gasteiger partial charge >= 0.3 is 0 Å². The van der Waals surface area contributed by atoms with Crippen molar-refractivity contribution in [3.05, 3.63) is 23.8 Å². The van der Waals surface area contributed by atoms with Crippen LogP contribution in [0.4, 0.5) is 0 Å². The summed E-state index contributed by atoms with van der Waals surface area (Å²) >= 11 is 0. The summed E-state index contributed by atoms with van der Waals surface area (Å²) in [5, 5.41) is 11.3. The van der Waals surface area contributed by atoms with Crippen LogP contribution in [0.5, 0.6) is 0 Å². The summed E-state index contributed by atoms with van der Waals surface area (Å²) in [6, 6.07) is 0. The predicted molar refractivity (Wildman–Crippen MR) is 100 cm³/mol. The molecule has 0 spiro atoms. The van der Waals surface area contributed by atoms with E-state index in [-0.39, 0.29) is 34.4 Å². The van der Waals surface area contributed by atoms with Gasteiger partial charge in [-0.15, -0.1) is 0 Å². The number of hydrogen-bond donors (Lipinski definition) is 1. The molecule has 1 N–H and O–H groups in total. The molecular formula is C22H31NO3. The average molecular weight is 357 g/mol. The normalized spacial score (nSPS) is 46.9. The smallest absolute Gasteiger partial charge is 0.225 e. The van der Waals surface area contributed by atoms with E-state index in [1.807, 2.05) is 20.2 Å². The van der Waals surface area contributed by atoms with Crippen molar-refractivity contribution in [2.75, 3.05) is 14.1 Å². The Hall–Kier alpha value is -1.42.